The molecule has 1 aromatic carbocycles. The summed E-state index contributed by atoms with van der Waals surface area (Å²) in [6.07, 6.45) is 5.39. The summed E-state index contributed by atoms with van der Waals surface area (Å²) in [7, 11) is 3.85. The standard InChI is InChI=1S/C23H24ClN5O/c1-28(2)23-26-14-19(16-7-5-9-18(24)13-16)21(27-23)17-8-6-12-29(15-17)22(30)20-10-3-4-11-25-20/h3-5,7,9-11,13-14,17H,6,8,12,15H2,1-2H3/t17-/m1/s1. The number of halogens is 1. The Morgan fingerprint density at radius 1 is 1.17 bits per heavy atom. The fraction of sp³-hybridized carbons (Fsp3) is 0.304. The summed E-state index contributed by atoms with van der Waals surface area (Å²) in [6.45, 7) is 1.33. The molecule has 1 aliphatic heterocycles. The smallest absolute Gasteiger partial charge is 0.272 e. The molecular weight excluding hydrogens is 398 g/mol. The number of aromatic nitrogens is 3. The van der Waals surface area contributed by atoms with Crippen LogP contribution in [0.15, 0.2) is 54.9 Å². The van der Waals surface area contributed by atoms with Crippen LogP contribution in [0.2, 0.25) is 5.02 Å². The van der Waals surface area contributed by atoms with Crippen LogP contribution in [0.25, 0.3) is 11.1 Å². The number of piperidine rings is 1. The lowest BCUT2D eigenvalue weighted by atomic mass is 9.89. The van der Waals surface area contributed by atoms with E-state index in [2.05, 4.69) is 9.97 Å². The van der Waals surface area contributed by atoms with E-state index < -0.39 is 0 Å². The van der Waals surface area contributed by atoms with Gasteiger partial charge in [-0.05, 0) is 42.7 Å². The number of nitrogens with zero attached hydrogens (tertiary/aromatic N) is 5. The fourth-order valence-corrected chi connectivity index (χ4v) is 4.02. The van der Waals surface area contributed by atoms with Crippen molar-refractivity contribution in [1.82, 2.24) is 19.9 Å². The van der Waals surface area contributed by atoms with Crippen molar-refractivity contribution in [2.75, 3.05) is 32.1 Å². The molecular formula is C23H24ClN5O. The lowest BCUT2D eigenvalue weighted by Gasteiger charge is -2.33. The second-order valence-corrected chi connectivity index (χ2v) is 8.12. The molecule has 1 atom stereocenters. The van der Waals surface area contributed by atoms with Crippen molar-refractivity contribution < 1.29 is 4.79 Å². The minimum atomic E-state index is -0.0357. The highest BCUT2D eigenvalue weighted by Gasteiger charge is 2.29. The first-order chi connectivity index (χ1) is 14.5. The molecule has 4 rings (SSSR count). The number of carbonyl (C=O) groups excluding carboxylic acids is 1. The van der Waals surface area contributed by atoms with Crippen molar-refractivity contribution in [3.63, 3.8) is 0 Å². The van der Waals surface area contributed by atoms with Crippen molar-refractivity contribution in [3.8, 4) is 11.1 Å². The van der Waals surface area contributed by atoms with Crippen LogP contribution in [0.3, 0.4) is 0 Å². The van der Waals surface area contributed by atoms with Gasteiger partial charge >= 0.3 is 0 Å². The van der Waals surface area contributed by atoms with Crippen LogP contribution < -0.4 is 4.90 Å². The average Bonchev–Trinajstić information content (AvgIpc) is 2.79. The van der Waals surface area contributed by atoms with E-state index >= 15 is 0 Å². The molecule has 1 fully saturated rings. The predicted octanol–water partition coefficient (Wildman–Crippen LogP) is 4.28. The van der Waals surface area contributed by atoms with Crippen LogP contribution in [-0.4, -0.2) is 52.9 Å². The lowest BCUT2D eigenvalue weighted by Crippen LogP contribution is -2.39. The monoisotopic (exact) mass is 421 g/mol. The van der Waals surface area contributed by atoms with Gasteiger partial charge in [-0.2, -0.15) is 0 Å². The quantitative estimate of drug-likeness (QED) is 0.629. The molecule has 1 saturated heterocycles. The second kappa shape index (κ2) is 8.79. The second-order valence-electron chi connectivity index (χ2n) is 7.68. The molecule has 0 saturated carbocycles. The van der Waals surface area contributed by atoms with Crippen molar-refractivity contribution in [2.24, 2.45) is 0 Å². The van der Waals surface area contributed by atoms with Crippen LogP contribution in [-0.2, 0) is 0 Å². The Kier molecular flexibility index (Phi) is 5.95. The highest BCUT2D eigenvalue weighted by Crippen LogP contribution is 2.35. The molecule has 6 nitrogen and oxygen atoms in total. The molecule has 3 aromatic rings. The van der Waals surface area contributed by atoms with Crippen molar-refractivity contribution in [2.45, 2.75) is 18.8 Å². The molecule has 7 heteroatoms. The van der Waals surface area contributed by atoms with E-state index in [0.717, 1.165) is 36.2 Å². The Morgan fingerprint density at radius 2 is 2.03 bits per heavy atom. The van der Waals surface area contributed by atoms with E-state index in [-0.39, 0.29) is 11.8 Å². The van der Waals surface area contributed by atoms with E-state index in [9.17, 15) is 4.79 Å². The molecule has 1 aliphatic rings. The van der Waals surface area contributed by atoms with Gasteiger partial charge in [0.2, 0.25) is 5.95 Å². The number of hydrogen-bond acceptors (Lipinski definition) is 5. The lowest BCUT2D eigenvalue weighted by molar-refractivity contribution is 0.0700. The first-order valence-electron chi connectivity index (χ1n) is 10.0. The van der Waals surface area contributed by atoms with Crippen LogP contribution in [0, 0.1) is 0 Å². The normalized spacial score (nSPS) is 16.4. The number of pyridine rings is 1. The van der Waals surface area contributed by atoms with Gasteiger partial charge in [0.15, 0.2) is 0 Å². The third-order valence-corrected chi connectivity index (χ3v) is 5.56. The number of likely N-dealkylation sites (tertiary alicyclic amines) is 1. The molecule has 0 spiro atoms. The molecule has 0 N–H and O–H groups in total. The van der Waals surface area contributed by atoms with E-state index in [4.69, 9.17) is 16.6 Å². The molecule has 154 valence electrons. The summed E-state index contributed by atoms with van der Waals surface area (Å²) in [5.74, 6) is 0.734. The molecule has 30 heavy (non-hydrogen) atoms. The molecule has 0 bridgehead atoms. The number of benzene rings is 1. The zero-order valence-electron chi connectivity index (χ0n) is 17.1. The van der Waals surface area contributed by atoms with E-state index in [0.29, 0.717) is 23.2 Å². The zero-order chi connectivity index (χ0) is 21.1. The van der Waals surface area contributed by atoms with E-state index in [1.807, 2.05) is 66.5 Å². The molecule has 0 unspecified atom stereocenters. The van der Waals surface area contributed by atoms with Gasteiger partial charge < -0.3 is 9.80 Å². The summed E-state index contributed by atoms with van der Waals surface area (Å²) in [4.78, 5) is 30.4. The number of hydrogen-bond donors (Lipinski definition) is 0. The van der Waals surface area contributed by atoms with Gasteiger partial charge in [0.25, 0.3) is 5.91 Å². The van der Waals surface area contributed by atoms with Crippen LogP contribution in [0.5, 0.6) is 0 Å². The first-order valence-corrected chi connectivity index (χ1v) is 10.4. The largest absolute Gasteiger partial charge is 0.347 e. The summed E-state index contributed by atoms with van der Waals surface area (Å²) < 4.78 is 0. The van der Waals surface area contributed by atoms with Gasteiger partial charge in [-0.1, -0.05) is 29.8 Å². The van der Waals surface area contributed by atoms with Gasteiger partial charge in [0.05, 0.1) is 5.69 Å². The maximum atomic E-state index is 13.0. The van der Waals surface area contributed by atoms with Gasteiger partial charge in [-0.15, -0.1) is 0 Å². The minimum Gasteiger partial charge on any atom is -0.347 e. The Hall–Kier alpha value is -2.99. The molecule has 1 amide bonds. The number of rotatable bonds is 4. The Bertz CT molecular complexity index is 1040. The summed E-state index contributed by atoms with van der Waals surface area (Å²) in [6, 6.07) is 13.1. The van der Waals surface area contributed by atoms with E-state index in [1.165, 1.54) is 0 Å². The van der Waals surface area contributed by atoms with Crippen LogP contribution in [0.4, 0.5) is 5.95 Å². The van der Waals surface area contributed by atoms with Crippen LogP contribution >= 0.6 is 11.6 Å². The Morgan fingerprint density at radius 3 is 2.77 bits per heavy atom. The maximum Gasteiger partial charge on any atom is 0.272 e. The Labute approximate surface area is 181 Å². The third-order valence-electron chi connectivity index (χ3n) is 5.32. The Balaban J connectivity index is 1.69. The average molecular weight is 422 g/mol. The third kappa shape index (κ3) is 4.28. The predicted molar refractivity (Wildman–Crippen MR) is 119 cm³/mol. The number of amides is 1. The number of carbonyl (C=O) groups is 1. The van der Waals surface area contributed by atoms with Gasteiger partial charge in [-0.3, -0.25) is 9.78 Å². The zero-order valence-corrected chi connectivity index (χ0v) is 17.9. The molecule has 0 aliphatic carbocycles. The topological polar surface area (TPSA) is 62.2 Å². The number of anilines is 1. The van der Waals surface area contributed by atoms with Crippen LogP contribution in [0.1, 0.15) is 34.9 Å². The van der Waals surface area contributed by atoms with Crippen molar-refractivity contribution >= 4 is 23.5 Å². The molecule has 0 radical (unpaired) electrons. The van der Waals surface area contributed by atoms with Crippen molar-refractivity contribution in [1.29, 1.82) is 0 Å². The van der Waals surface area contributed by atoms with E-state index in [1.54, 1.807) is 12.3 Å². The highest BCUT2D eigenvalue weighted by atomic mass is 35.5. The van der Waals surface area contributed by atoms with Gasteiger partial charge in [-0.25, -0.2) is 9.97 Å². The maximum absolute atomic E-state index is 13.0. The fourth-order valence-electron chi connectivity index (χ4n) is 3.83. The van der Waals surface area contributed by atoms with Gasteiger partial charge in [0.1, 0.15) is 5.69 Å². The SMILES string of the molecule is CN(C)c1ncc(-c2cccc(Cl)c2)c([C@@H]2CCCN(C(=O)c3ccccn3)C2)n1. The molecule has 3 heterocycles. The van der Waals surface area contributed by atoms with Gasteiger partial charge in [0, 0.05) is 56.1 Å². The molecule has 2 aromatic heterocycles. The summed E-state index contributed by atoms with van der Waals surface area (Å²) >= 11 is 6.24. The highest BCUT2D eigenvalue weighted by molar-refractivity contribution is 6.30. The van der Waals surface area contributed by atoms with Crippen molar-refractivity contribution in [3.05, 3.63) is 71.3 Å². The summed E-state index contributed by atoms with van der Waals surface area (Å²) in [5.41, 5.74) is 3.37. The first kappa shape index (κ1) is 20.3. The summed E-state index contributed by atoms with van der Waals surface area (Å²) in [5, 5.41) is 0.672. The minimum absolute atomic E-state index is 0.0357.